The number of fused-ring (bicyclic) bond motifs is 1. The molecule has 72 valence electrons. The number of rotatable bonds is 2. The van der Waals surface area contributed by atoms with Crippen LogP contribution in [-0.4, -0.2) is 32.0 Å². The highest BCUT2D eigenvalue weighted by molar-refractivity contribution is 6.26. The van der Waals surface area contributed by atoms with Crippen molar-refractivity contribution in [3.05, 3.63) is 18.3 Å². The van der Waals surface area contributed by atoms with Crippen molar-refractivity contribution in [2.75, 3.05) is 5.88 Å². The quantitative estimate of drug-likeness (QED) is 0.519. The first kappa shape index (κ1) is 8.89. The van der Waals surface area contributed by atoms with Crippen molar-refractivity contribution in [2.45, 2.75) is 0 Å². The molecule has 2 rings (SSSR count). The summed E-state index contributed by atoms with van der Waals surface area (Å²) in [5.74, 6) is -0.849. The molecule has 0 aliphatic carbocycles. The first-order valence-electron chi connectivity index (χ1n) is 3.75. The number of halogens is 1. The summed E-state index contributed by atoms with van der Waals surface area (Å²) in [5, 5.41) is 7.32. The van der Waals surface area contributed by atoms with Gasteiger partial charge >= 0.3 is 5.97 Å². The van der Waals surface area contributed by atoms with Crippen LogP contribution in [0.1, 0.15) is 0 Å². The van der Waals surface area contributed by atoms with Gasteiger partial charge in [-0.25, -0.2) is 9.78 Å². The third-order valence-corrected chi connectivity index (χ3v) is 1.70. The summed E-state index contributed by atoms with van der Waals surface area (Å²) in [4.78, 5) is 20.5. The molecular weight excluding hydrogens is 208 g/mol. The fourth-order valence-electron chi connectivity index (χ4n) is 0.927. The molecule has 0 saturated carbocycles. The number of nitrogens with zero attached hydrogens (tertiary/aromatic N) is 4. The third-order valence-electron chi connectivity index (χ3n) is 1.48. The Morgan fingerprint density at radius 1 is 1.64 bits per heavy atom. The minimum Gasteiger partial charge on any atom is -0.314 e. The van der Waals surface area contributed by atoms with Gasteiger partial charge in [0.1, 0.15) is 11.4 Å². The average Bonchev–Trinajstić information content (AvgIpc) is 2.62. The molecule has 2 aromatic heterocycles. The molecular formula is C7H5ClN4O2. The topological polar surface area (TPSA) is 69.9 Å². The van der Waals surface area contributed by atoms with Crippen LogP contribution in [-0.2, 0) is 4.79 Å². The lowest BCUT2D eigenvalue weighted by Gasteiger charge is -1.98. The Balaban J connectivity index is 2.38. The Morgan fingerprint density at radius 3 is 3.29 bits per heavy atom. The first-order valence-corrected chi connectivity index (χ1v) is 4.28. The van der Waals surface area contributed by atoms with Crippen molar-refractivity contribution in [2.24, 2.45) is 0 Å². The highest BCUT2D eigenvalue weighted by Gasteiger charge is 2.09. The summed E-state index contributed by atoms with van der Waals surface area (Å²) < 4.78 is 0. The van der Waals surface area contributed by atoms with Crippen LogP contribution in [0.2, 0.25) is 0 Å². The van der Waals surface area contributed by atoms with E-state index < -0.39 is 5.97 Å². The second-order valence-electron chi connectivity index (χ2n) is 2.41. The van der Waals surface area contributed by atoms with E-state index in [4.69, 9.17) is 16.4 Å². The first-order chi connectivity index (χ1) is 6.81. The van der Waals surface area contributed by atoms with E-state index in [9.17, 15) is 4.79 Å². The number of alkyl halides is 1. The van der Waals surface area contributed by atoms with Gasteiger partial charge in [-0.3, -0.25) is 0 Å². The Hall–Kier alpha value is -1.69. The minimum atomic E-state index is -0.607. The second-order valence-corrected chi connectivity index (χ2v) is 2.67. The van der Waals surface area contributed by atoms with Crippen molar-refractivity contribution < 1.29 is 9.63 Å². The Kier molecular flexibility index (Phi) is 2.28. The Labute approximate surface area is 83.4 Å². The molecule has 0 atom stereocenters. The van der Waals surface area contributed by atoms with Crippen LogP contribution in [0.5, 0.6) is 0 Å². The van der Waals surface area contributed by atoms with Gasteiger partial charge in [0.2, 0.25) is 5.65 Å². The lowest BCUT2D eigenvalue weighted by Crippen LogP contribution is -2.22. The van der Waals surface area contributed by atoms with Gasteiger partial charge in [-0.1, -0.05) is 0 Å². The highest BCUT2D eigenvalue weighted by atomic mass is 35.5. The number of carbonyl (C=O) groups is 1. The van der Waals surface area contributed by atoms with Crippen molar-refractivity contribution in [3.63, 3.8) is 0 Å². The summed E-state index contributed by atoms with van der Waals surface area (Å²) in [7, 11) is 0. The summed E-state index contributed by atoms with van der Waals surface area (Å²) >= 11 is 5.26. The molecule has 0 aromatic carbocycles. The molecule has 2 aromatic rings. The largest absolute Gasteiger partial charge is 0.349 e. The molecule has 0 N–H and O–H groups in total. The SMILES string of the molecule is O=C(CCl)On1nnc2cccnc21. The molecule has 0 saturated heterocycles. The molecule has 0 bridgehead atoms. The maximum atomic E-state index is 10.9. The second kappa shape index (κ2) is 3.59. The maximum Gasteiger partial charge on any atom is 0.349 e. The zero-order chi connectivity index (χ0) is 9.97. The number of pyridine rings is 1. The van der Waals surface area contributed by atoms with E-state index in [1.165, 1.54) is 0 Å². The van der Waals surface area contributed by atoms with Gasteiger partial charge in [-0.05, 0) is 22.2 Å². The van der Waals surface area contributed by atoms with Gasteiger partial charge in [0.25, 0.3) is 0 Å². The highest BCUT2D eigenvalue weighted by Crippen LogP contribution is 2.04. The number of hydrogen-bond acceptors (Lipinski definition) is 5. The van der Waals surface area contributed by atoms with Crippen LogP contribution in [0, 0.1) is 0 Å². The summed E-state index contributed by atoms with van der Waals surface area (Å²) in [6, 6.07) is 3.42. The molecule has 0 aliphatic heterocycles. The summed E-state index contributed by atoms with van der Waals surface area (Å²) in [6.45, 7) is 0. The lowest BCUT2D eigenvalue weighted by molar-refractivity contribution is -0.142. The average molecular weight is 213 g/mol. The van der Waals surface area contributed by atoms with Gasteiger partial charge in [-0.2, -0.15) is 0 Å². The van der Waals surface area contributed by atoms with Crippen molar-refractivity contribution in [1.29, 1.82) is 0 Å². The molecule has 7 heteroatoms. The van der Waals surface area contributed by atoms with E-state index in [-0.39, 0.29) is 5.88 Å². The van der Waals surface area contributed by atoms with E-state index in [1.54, 1.807) is 18.3 Å². The Bertz CT molecular complexity index is 469. The van der Waals surface area contributed by atoms with Crippen LogP contribution in [0.25, 0.3) is 11.2 Å². The van der Waals surface area contributed by atoms with Gasteiger partial charge in [0, 0.05) is 6.20 Å². The van der Waals surface area contributed by atoms with Gasteiger partial charge in [0.15, 0.2) is 0 Å². The van der Waals surface area contributed by atoms with Crippen molar-refractivity contribution >= 4 is 28.7 Å². The zero-order valence-corrected chi connectivity index (χ0v) is 7.68. The van der Waals surface area contributed by atoms with E-state index in [0.717, 1.165) is 4.85 Å². The van der Waals surface area contributed by atoms with Crippen LogP contribution >= 0.6 is 11.6 Å². The molecule has 0 aliphatic rings. The zero-order valence-electron chi connectivity index (χ0n) is 6.92. The fourth-order valence-corrected chi connectivity index (χ4v) is 0.976. The van der Waals surface area contributed by atoms with Crippen molar-refractivity contribution in [1.82, 2.24) is 20.1 Å². The maximum absolute atomic E-state index is 10.9. The fraction of sp³-hybridized carbons (Fsp3) is 0.143. The number of carbonyl (C=O) groups excluding carboxylic acids is 1. The number of aromatic nitrogens is 4. The van der Waals surface area contributed by atoms with Crippen LogP contribution in [0.4, 0.5) is 0 Å². The summed E-state index contributed by atoms with van der Waals surface area (Å²) in [5.41, 5.74) is 0.931. The molecule has 0 fully saturated rings. The number of hydrogen-bond donors (Lipinski definition) is 0. The molecule has 0 amide bonds. The summed E-state index contributed by atoms with van der Waals surface area (Å²) in [6.07, 6.45) is 1.55. The van der Waals surface area contributed by atoms with Gasteiger partial charge in [-0.15, -0.1) is 16.7 Å². The molecule has 14 heavy (non-hydrogen) atoms. The van der Waals surface area contributed by atoms with Gasteiger partial charge < -0.3 is 4.84 Å². The van der Waals surface area contributed by atoms with E-state index in [1.807, 2.05) is 0 Å². The standard InChI is InChI=1S/C7H5ClN4O2/c8-4-6(13)14-12-7-5(10-11-12)2-1-3-9-7/h1-3H,4H2. The van der Waals surface area contributed by atoms with Crippen LogP contribution < -0.4 is 4.84 Å². The Morgan fingerprint density at radius 2 is 2.50 bits per heavy atom. The smallest absolute Gasteiger partial charge is 0.314 e. The lowest BCUT2D eigenvalue weighted by atomic mass is 10.4. The van der Waals surface area contributed by atoms with E-state index in [2.05, 4.69) is 15.3 Å². The van der Waals surface area contributed by atoms with Crippen LogP contribution in [0.3, 0.4) is 0 Å². The monoisotopic (exact) mass is 212 g/mol. The molecule has 2 heterocycles. The molecule has 0 unspecified atom stereocenters. The normalized spacial score (nSPS) is 10.4. The minimum absolute atomic E-state index is 0.242. The van der Waals surface area contributed by atoms with Crippen molar-refractivity contribution in [3.8, 4) is 0 Å². The van der Waals surface area contributed by atoms with E-state index >= 15 is 0 Å². The third kappa shape index (κ3) is 1.51. The van der Waals surface area contributed by atoms with Crippen LogP contribution in [0.15, 0.2) is 18.3 Å². The van der Waals surface area contributed by atoms with E-state index in [0.29, 0.717) is 11.2 Å². The predicted octanol–water partition coefficient (Wildman–Crippen LogP) is 0.0203. The molecule has 0 spiro atoms. The van der Waals surface area contributed by atoms with Gasteiger partial charge in [0.05, 0.1) is 0 Å². The molecule has 0 radical (unpaired) electrons. The molecule has 6 nitrogen and oxygen atoms in total. The predicted molar refractivity (Wildman–Crippen MR) is 47.6 cm³/mol.